The maximum absolute atomic E-state index is 13.8. The first-order valence-electron chi connectivity index (χ1n) is 7.69. The van der Waals surface area contributed by atoms with E-state index in [1.165, 1.54) is 0 Å². The minimum absolute atomic E-state index is 0.149. The third-order valence-electron chi connectivity index (χ3n) is 3.68. The van der Waals surface area contributed by atoms with E-state index in [4.69, 9.17) is 4.42 Å². The number of nitrogens with one attached hydrogen (secondary N) is 1. The van der Waals surface area contributed by atoms with Crippen molar-refractivity contribution < 1.29 is 18.5 Å². The van der Waals surface area contributed by atoms with Gasteiger partial charge in [-0.15, -0.1) is 0 Å². The summed E-state index contributed by atoms with van der Waals surface area (Å²) in [5.74, 6) is -0.461. The van der Waals surface area contributed by atoms with Crippen LogP contribution < -0.4 is 5.32 Å². The van der Waals surface area contributed by atoms with E-state index in [-0.39, 0.29) is 17.8 Å². The molecule has 0 spiro atoms. The highest BCUT2D eigenvalue weighted by atomic mass is 19.1. The number of carbonyl (C=O) groups is 1. The molecule has 1 aromatic heterocycles. The van der Waals surface area contributed by atoms with E-state index < -0.39 is 16.6 Å². The zero-order chi connectivity index (χ0) is 18.7. The molecule has 0 aliphatic heterocycles. The number of benzene rings is 2. The molecule has 0 unspecified atom stereocenters. The Bertz CT molecular complexity index is 970. The van der Waals surface area contributed by atoms with Crippen LogP contribution >= 0.6 is 0 Å². The van der Waals surface area contributed by atoms with Crippen LogP contribution in [-0.4, -0.2) is 15.8 Å². The van der Waals surface area contributed by atoms with Gasteiger partial charge < -0.3 is 9.73 Å². The van der Waals surface area contributed by atoms with E-state index >= 15 is 0 Å². The summed E-state index contributed by atoms with van der Waals surface area (Å²) in [5.41, 5.74) is 0.610. The van der Waals surface area contributed by atoms with Crippen molar-refractivity contribution >= 4 is 17.3 Å². The number of hydrogen-bond donors (Lipinski definition) is 1. The molecule has 0 saturated heterocycles. The van der Waals surface area contributed by atoms with Gasteiger partial charge in [-0.1, -0.05) is 18.2 Å². The van der Waals surface area contributed by atoms with Crippen LogP contribution in [0.15, 0.2) is 52.9 Å². The van der Waals surface area contributed by atoms with Crippen molar-refractivity contribution in [2.75, 3.05) is 5.32 Å². The second-order valence-corrected chi connectivity index (χ2v) is 5.53. The van der Waals surface area contributed by atoms with Crippen LogP contribution in [0.2, 0.25) is 0 Å². The normalized spacial score (nSPS) is 10.5. The van der Waals surface area contributed by atoms with Gasteiger partial charge in [0.05, 0.1) is 22.7 Å². The number of carbonyl (C=O) groups excluding carboxylic acids is 1. The van der Waals surface area contributed by atoms with Gasteiger partial charge in [-0.3, -0.25) is 14.9 Å². The molecule has 132 valence electrons. The van der Waals surface area contributed by atoms with Crippen molar-refractivity contribution in [3.8, 4) is 11.5 Å². The molecule has 0 saturated carbocycles. The number of non-ortho nitro benzene ring substituents is 1. The first kappa shape index (κ1) is 17.3. The number of aryl methyl sites for hydroxylation is 1. The zero-order valence-corrected chi connectivity index (χ0v) is 13.7. The molecule has 1 amide bonds. The summed E-state index contributed by atoms with van der Waals surface area (Å²) >= 11 is 0. The molecule has 0 bridgehead atoms. The number of nitrogens with zero attached hydrogens (tertiary/aromatic N) is 2. The molecule has 0 atom stereocenters. The molecule has 2 aromatic carbocycles. The summed E-state index contributed by atoms with van der Waals surface area (Å²) in [5, 5.41) is 13.1. The highest BCUT2D eigenvalue weighted by Crippen LogP contribution is 2.23. The molecule has 26 heavy (non-hydrogen) atoms. The SMILES string of the molecule is Cc1oc(-c2ccccc2)nc1CC(=O)Nc1cc([N+](=O)[O-])ccc1F. The number of nitro groups is 1. The monoisotopic (exact) mass is 355 g/mol. The van der Waals surface area contributed by atoms with Gasteiger partial charge in [0.15, 0.2) is 0 Å². The van der Waals surface area contributed by atoms with Crippen LogP contribution in [0, 0.1) is 22.9 Å². The molecule has 0 radical (unpaired) electrons. The van der Waals surface area contributed by atoms with Crippen LogP contribution in [0.5, 0.6) is 0 Å². The van der Waals surface area contributed by atoms with Crippen molar-refractivity contribution in [2.45, 2.75) is 13.3 Å². The van der Waals surface area contributed by atoms with Gasteiger partial charge in [-0.05, 0) is 25.1 Å². The van der Waals surface area contributed by atoms with Crippen molar-refractivity contribution in [1.82, 2.24) is 4.98 Å². The van der Waals surface area contributed by atoms with Gasteiger partial charge >= 0.3 is 0 Å². The summed E-state index contributed by atoms with van der Waals surface area (Å²) < 4.78 is 19.3. The smallest absolute Gasteiger partial charge is 0.271 e. The van der Waals surface area contributed by atoms with Crippen molar-refractivity contribution in [1.29, 1.82) is 0 Å². The van der Waals surface area contributed by atoms with Crippen molar-refractivity contribution in [3.63, 3.8) is 0 Å². The Labute approximate surface area is 147 Å². The minimum Gasteiger partial charge on any atom is -0.441 e. The molecular weight excluding hydrogens is 341 g/mol. The highest BCUT2D eigenvalue weighted by molar-refractivity contribution is 5.92. The van der Waals surface area contributed by atoms with Crippen molar-refractivity contribution in [2.24, 2.45) is 0 Å². The lowest BCUT2D eigenvalue weighted by Crippen LogP contribution is -2.16. The van der Waals surface area contributed by atoms with E-state index in [1.807, 2.05) is 30.3 Å². The molecule has 3 aromatic rings. The number of oxazole rings is 1. The van der Waals surface area contributed by atoms with Crippen molar-refractivity contribution in [3.05, 3.63) is 75.9 Å². The van der Waals surface area contributed by atoms with Crippen LogP contribution in [0.4, 0.5) is 15.8 Å². The Morgan fingerprint density at radius 2 is 2.00 bits per heavy atom. The average Bonchev–Trinajstić information content (AvgIpc) is 2.98. The molecule has 1 N–H and O–H groups in total. The first-order chi connectivity index (χ1) is 12.4. The quantitative estimate of drug-likeness (QED) is 0.553. The Balaban J connectivity index is 1.76. The van der Waals surface area contributed by atoms with E-state index in [9.17, 15) is 19.3 Å². The van der Waals surface area contributed by atoms with Crippen LogP contribution in [0.3, 0.4) is 0 Å². The molecule has 8 heteroatoms. The first-order valence-corrected chi connectivity index (χ1v) is 7.69. The van der Waals surface area contributed by atoms with Gasteiger partial charge in [0.2, 0.25) is 11.8 Å². The fourth-order valence-electron chi connectivity index (χ4n) is 2.37. The molecule has 0 fully saturated rings. The average molecular weight is 355 g/mol. The molecule has 0 aliphatic carbocycles. The number of amides is 1. The molecule has 7 nitrogen and oxygen atoms in total. The predicted octanol–water partition coefficient (Wildman–Crippen LogP) is 3.88. The minimum atomic E-state index is -0.759. The number of rotatable bonds is 5. The van der Waals surface area contributed by atoms with E-state index in [2.05, 4.69) is 10.3 Å². The summed E-state index contributed by atoms with van der Waals surface area (Å²) in [6.07, 6.45) is -0.149. The highest BCUT2D eigenvalue weighted by Gasteiger charge is 2.17. The summed E-state index contributed by atoms with van der Waals surface area (Å²) in [4.78, 5) is 26.6. The lowest BCUT2D eigenvalue weighted by atomic mass is 10.2. The van der Waals surface area contributed by atoms with Crippen LogP contribution in [0.1, 0.15) is 11.5 Å². The van der Waals surface area contributed by atoms with E-state index in [1.54, 1.807) is 6.92 Å². The molecule has 0 aliphatic rings. The Hall–Kier alpha value is -3.55. The lowest BCUT2D eigenvalue weighted by Gasteiger charge is -2.05. The second kappa shape index (κ2) is 7.14. The van der Waals surface area contributed by atoms with Gasteiger partial charge in [-0.2, -0.15) is 0 Å². The molecule has 1 heterocycles. The zero-order valence-electron chi connectivity index (χ0n) is 13.7. The predicted molar refractivity (Wildman–Crippen MR) is 92.1 cm³/mol. The Morgan fingerprint density at radius 3 is 2.69 bits per heavy atom. The fraction of sp³-hybridized carbons (Fsp3) is 0.111. The van der Waals surface area contributed by atoms with Crippen LogP contribution in [0.25, 0.3) is 11.5 Å². The third kappa shape index (κ3) is 3.75. The van der Waals surface area contributed by atoms with Gasteiger partial charge in [0, 0.05) is 17.7 Å². The standard InChI is InChI=1S/C18H14FN3O4/c1-11-15(21-18(26-11)12-5-3-2-4-6-12)10-17(23)20-16-9-13(22(24)25)7-8-14(16)19/h2-9H,10H2,1H3,(H,20,23). The fourth-order valence-corrected chi connectivity index (χ4v) is 2.37. The number of halogens is 1. The number of aromatic nitrogens is 1. The Morgan fingerprint density at radius 1 is 1.27 bits per heavy atom. The number of hydrogen-bond acceptors (Lipinski definition) is 5. The largest absolute Gasteiger partial charge is 0.441 e. The number of nitro benzene ring substituents is 1. The van der Waals surface area contributed by atoms with E-state index in [0.29, 0.717) is 17.3 Å². The van der Waals surface area contributed by atoms with Gasteiger partial charge in [-0.25, -0.2) is 9.37 Å². The van der Waals surface area contributed by atoms with E-state index in [0.717, 1.165) is 23.8 Å². The summed E-state index contributed by atoms with van der Waals surface area (Å²) in [7, 11) is 0. The molecule has 3 rings (SSSR count). The summed E-state index contributed by atoms with van der Waals surface area (Å²) in [6.45, 7) is 1.68. The summed E-state index contributed by atoms with van der Waals surface area (Å²) in [6, 6.07) is 12.1. The van der Waals surface area contributed by atoms with Gasteiger partial charge in [0.1, 0.15) is 11.6 Å². The maximum atomic E-state index is 13.8. The third-order valence-corrected chi connectivity index (χ3v) is 3.68. The Kier molecular flexibility index (Phi) is 4.74. The second-order valence-electron chi connectivity index (χ2n) is 5.53. The molecular formula is C18H14FN3O4. The topological polar surface area (TPSA) is 98.3 Å². The lowest BCUT2D eigenvalue weighted by molar-refractivity contribution is -0.384. The number of anilines is 1. The van der Waals surface area contributed by atoms with Gasteiger partial charge in [0.25, 0.3) is 5.69 Å². The maximum Gasteiger partial charge on any atom is 0.271 e. The van der Waals surface area contributed by atoms with Crippen LogP contribution in [-0.2, 0) is 11.2 Å².